The first-order valence-electron chi connectivity index (χ1n) is 6.47. The standard InChI is InChI=1S/C14H25ClN2S/c1-11(8-9-16-14(2,3)4)17(5)10-12-6-7-13(15)18-12/h6-7,11,16H,8-10H2,1-5H3. The van der Waals surface area contributed by atoms with Crippen LogP contribution in [0.25, 0.3) is 0 Å². The van der Waals surface area contributed by atoms with E-state index in [4.69, 9.17) is 11.6 Å². The highest BCUT2D eigenvalue weighted by molar-refractivity contribution is 7.16. The van der Waals surface area contributed by atoms with E-state index in [1.165, 1.54) is 4.88 Å². The van der Waals surface area contributed by atoms with Crippen molar-refractivity contribution in [2.45, 2.75) is 52.2 Å². The summed E-state index contributed by atoms with van der Waals surface area (Å²) in [5.74, 6) is 0. The summed E-state index contributed by atoms with van der Waals surface area (Å²) >= 11 is 7.62. The number of hydrogen-bond acceptors (Lipinski definition) is 3. The second kappa shape index (κ2) is 6.90. The zero-order valence-corrected chi connectivity index (χ0v) is 13.7. The average Bonchev–Trinajstić information content (AvgIpc) is 2.61. The number of halogens is 1. The van der Waals surface area contributed by atoms with Crippen molar-refractivity contribution < 1.29 is 0 Å². The third-order valence-corrected chi connectivity index (χ3v) is 4.22. The van der Waals surface area contributed by atoms with Crippen molar-refractivity contribution in [2.75, 3.05) is 13.6 Å². The summed E-state index contributed by atoms with van der Waals surface area (Å²) in [6.45, 7) is 10.9. The van der Waals surface area contributed by atoms with Gasteiger partial charge in [0.2, 0.25) is 0 Å². The molecule has 0 fully saturated rings. The molecule has 0 radical (unpaired) electrons. The van der Waals surface area contributed by atoms with E-state index in [1.54, 1.807) is 11.3 Å². The predicted molar refractivity (Wildman–Crippen MR) is 82.6 cm³/mol. The van der Waals surface area contributed by atoms with Crippen LogP contribution in [0, 0.1) is 0 Å². The molecule has 1 atom stereocenters. The molecule has 0 aliphatic heterocycles. The zero-order valence-electron chi connectivity index (χ0n) is 12.1. The van der Waals surface area contributed by atoms with Crippen LogP contribution in [-0.4, -0.2) is 30.1 Å². The van der Waals surface area contributed by atoms with E-state index in [1.807, 2.05) is 6.07 Å². The van der Waals surface area contributed by atoms with Crippen molar-refractivity contribution in [1.29, 1.82) is 0 Å². The van der Waals surface area contributed by atoms with Crippen molar-refractivity contribution in [3.8, 4) is 0 Å². The van der Waals surface area contributed by atoms with Gasteiger partial charge in [-0.1, -0.05) is 11.6 Å². The fourth-order valence-corrected chi connectivity index (χ4v) is 2.87. The van der Waals surface area contributed by atoms with Gasteiger partial charge in [-0.2, -0.15) is 0 Å². The van der Waals surface area contributed by atoms with E-state index in [0.29, 0.717) is 6.04 Å². The first kappa shape index (κ1) is 16.0. The van der Waals surface area contributed by atoms with Gasteiger partial charge < -0.3 is 5.32 Å². The van der Waals surface area contributed by atoms with Crippen molar-refractivity contribution in [3.05, 3.63) is 21.3 Å². The van der Waals surface area contributed by atoms with Crippen LogP contribution < -0.4 is 5.32 Å². The maximum Gasteiger partial charge on any atom is 0.0931 e. The molecule has 0 aliphatic carbocycles. The van der Waals surface area contributed by atoms with Gasteiger partial charge in [-0.05, 0) is 59.8 Å². The molecule has 0 bridgehead atoms. The molecule has 0 spiro atoms. The number of hydrogen-bond donors (Lipinski definition) is 1. The minimum Gasteiger partial charge on any atom is -0.312 e. The summed E-state index contributed by atoms with van der Waals surface area (Å²) in [5.41, 5.74) is 0.208. The molecule has 0 saturated carbocycles. The van der Waals surface area contributed by atoms with Crippen LogP contribution in [0.15, 0.2) is 12.1 Å². The van der Waals surface area contributed by atoms with Gasteiger partial charge in [0.1, 0.15) is 0 Å². The highest BCUT2D eigenvalue weighted by Crippen LogP contribution is 2.23. The average molecular weight is 289 g/mol. The molecule has 18 heavy (non-hydrogen) atoms. The van der Waals surface area contributed by atoms with Crippen LogP contribution >= 0.6 is 22.9 Å². The maximum atomic E-state index is 5.95. The normalized spacial score (nSPS) is 14.2. The molecular formula is C14H25ClN2S. The summed E-state index contributed by atoms with van der Waals surface area (Å²) in [5, 5.41) is 3.53. The summed E-state index contributed by atoms with van der Waals surface area (Å²) < 4.78 is 0.875. The molecule has 104 valence electrons. The second-order valence-electron chi connectivity index (χ2n) is 5.94. The van der Waals surface area contributed by atoms with E-state index in [0.717, 1.165) is 23.8 Å². The molecular weight excluding hydrogens is 264 g/mol. The maximum absolute atomic E-state index is 5.95. The van der Waals surface area contributed by atoms with E-state index >= 15 is 0 Å². The Hall–Kier alpha value is -0.0900. The number of rotatable bonds is 6. The summed E-state index contributed by atoms with van der Waals surface area (Å²) in [6.07, 6.45) is 1.16. The van der Waals surface area contributed by atoms with Crippen molar-refractivity contribution in [2.24, 2.45) is 0 Å². The van der Waals surface area contributed by atoms with E-state index in [-0.39, 0.29) is 5.54 Å². The summed E-state index contributed by atoms with van der Waals surface area (Å²) in [7, 11) is 2.18. The van der Waals surface area contributed by atoms with E-state index < -0.39 is 0 Å². The van der Waals surface area contributed by atoms with Gasteiger partial charge in [0.15, 0.2) is 0 Å². The largest absolute Gasteiger partial charge is 0.312 e. The monoisotopic (exact) mass is 288 g/mol. The number of nitrogens with zero attached hydrogens (tertiary/aromatic N) is 1. The molecule has 1 aromatic rings. The Morgan fingerprint density at radius 2 is 2.06 bits per heavy atom. The first-order chi connectivity index (χ1) is 8.28. The lowest BCUT2D eigenvalue weighted by atomic mass is 10.1. The minimum atomic E-state index is 0.208. The van der Waals surface area contributed by atoms with Crippen molar-refractivity contribution in [1.82, 2.24) is 10.2 Å². The van der Waals surface area contributed by atoms with Gasteiger partial charge >= 0.3 is 0 Å². The Bertz CT molecular complexity index is 357. The van der Waals surface area contributed by atoms with E-state index in [9.17, 15) is 0 Å². The smallest absolute Gasteiger partial charge is 0.0931 e. The van der Waals surface area contributed by atoms with Gasteiger partial charge in [-0.25, -0.2) is 0 Å². The molecule has 4 heteroatoms. The molecule has 0 aliphatic rings. The van der Waals surface area contributed by atoms with Gasteiger partial charge in [0, 0.05) is 23.0 Å². The Labute approximate surface area is 120 Å². The Balaban J connectivity index is 2.30. The molecule has 0 amide bonds. The fraction of sp³-hybridized carbons (Fsp3) is 0.714. The predicted octanol–water partition coefficient (Wildman–Crippen LogP) is 4.00. The number of nitrogens with one attached hydrogen (secondary N) is 1. The Morgan fingerprint density at radius 1 is 1.39 bits per heavy atom. The Kier molecular flexibility index (Phi) is 6.12. The topological polar surface area (TPSA) is 15.3 Å². The quantitative estimate of drug-likeness (QED) is 0.851. The Morgan fingerprint density at radius 3 is 2.56 bits per heavy atom. The molecule has 1 aromatic heterocycles. The van der Waals surface area contributed by atoms with Crippen LogP contribution in [0.4, 0.5) is 0 Å². The lowest BCUT2D eigenvalue weighted by molar-refractivity contribution is 0.233. The van der Waals surface area contributed by atoms with Crippen LogP contribution in [0.5, 0.6) is 0 Å². The highest BCUT2D eigenvalue weighted by Gasteiger charge is 2.13. The summed E-state index contributed by atoms with van der Waals surface area (Å²) in [4.78, 5) is 3.71. The highest BCUT2D eigenvalue weighted by atomic mass is 35.5. The first-order valence-corrected chi connectivity index (χ1v) is 7.67. The molecule has 1 rings (SSSR count). The zero-order chi connectivity index (χ0) is 13.8. The fourth-order valence-electron chi connectivity index (χ4n) is 1.71. The third-order valence-electron chi connectivity index (χ3n) is 3.00. The minimum absolute atomic E-state index is 0.208. The molecule has 0 aromatic carbocycles. The van der Waals surface area contributed by atoms with Crippen LogP contribution in [-0.2, 0) is 6.54 Å². The third kappa shape index (κ3) is 6.19. The molecule has 2 nitrogen and oxygen atoms in total. The van der Waals surface area contributed by atoms with E-state index in [2.05, 4.69) is 51.0 Å². The lowest BCUT2D eigenvalue weighted by Gasteiger charge is -2.26. The molecule has 1 heterocycles. The van der Waals surface area contributed by atoms with Gasteiger partial charge in [-0.15, -0.1) is 11.3 Å². The van der Waals surface area contributed by atoms with Crippen LogP contribution in [0.2, 0.25) is 4.34 Å². The SMILES string of the molecule is CC(CCNC(C)(C)C)N(C)Cc1ccc(Cl)s1. The summed E-state index contributed by atoms with van der Waals surface area (Å²) in [6, 6.07) is 4.66. The molecule has 0 saturated heterocycles. The molecule has 1 unspecified atom stereocenters. The van der Waals surface area contributed by atoms with Crippen LogP contribution in [0.1, 0.15) is 39.0 Å². The van der Waals surface area contributed by atoms with Gasteiger partial charge in [-0.3, -0.25) is 4.90 Å². The molecule has 1 N–H and O–H groups in total. The van der Waals surface area contributed by atoms with Crippen molar-refractivity contribution in [3.63, 3.8) is 0 Å². The lowest BCUT2D eigenvalue weighted by Crippen LogP contribution is -2.39. The van der Waals surface area contributed by atoms with Gasteiger partial charge in [0.25, 0.3) is 0 Å². The second-order valence-corrected chi connectivity index (χ2v) is 7.74. The van der Waals surface area contributed by atoms with Crippen molar-refractivity contribution >= 4 is 22.9 Å². The van der Waals surface area contributed by atoms with Gasteiger partial charge in [0.05, 0.1) is 4.34 Å². The van der Waals surface area contributed by atoms with Crippen LogP contribution in [0.3, 0.4) is 0 Å². The number of thiophene rings is 1.